The number of nitrogens with zero attached hydrogens (tertiary/aromatic N) is 3. The molecule has 0 bridgehead atoms. The molecule has 0 saturated heterocycles. The minimum atomic E-state index is 0.210. The zero-order valence-corrected chi connectivity index (χ0v) is 11.0. The van der Waals surface area contributed by atoms with Gasteiger partial charge in [-0.1, -0.05) is 12.1 Å². The number of aromatic nitrogens is 2. The second-order valence-corrected chi connectivity index (χ2v) is 4.44. The summed E-state index contributed by atoms with van der Waals surface area (Å²) in [6, 6.07) is 9.66. The number of rotatable bonds is 3. The van der Waals surface area contributed by atoms with Crippen molar-refractivity contribution in [1.82, 2.24) is 9.97 Å². The van der Waals surface area contributed by atoms with Crippen molar-refractivity contribution in [3.63, 3.8) is 0 Å². The highest BCUT2D eigenvalue weighted by Crippen LogP contribution is 2.23. The van der Waals surface area contributed by atoms with Gasteiger partial charge in [-0.05, 0) is 33.6 Å². The lowest BCUT2D eigenvalue weighted by atomic mass is 10.1. The first-order valence-electron chi connectivity index (χ1n) is 5.20. The average molecular weight is 304 g/mol. The van der Waals surface area contributed by atoms with Crippen molar-refractivity contribution >= 4 is 33.4 Å². The van der Waals surface area contributed by atoms with Crippen molar-refractivity contribution < 1.29 is 0 Å². The molecule has 1 aromatic carbocycles. The summed E-state index contributed by atoms with van der Waals surface area (Å²) in [7, 11) is 0. The quantitative estimate of drug-likeness (QED) is 0.910. The van der Waals surface area contributed by atoms with Crippen LogP contribution in [0.2, 0.25) is 0 Å². The van der Waals surface area contributed by atoms with Crippen molar-refractivity contribution in [2.45, 2.75) is 6.42 Å². The number of nitrogen functional groups attached to an aromatic ring is 1. The first-order chi connectivity index (χ1) is 8.69. The Balaban J connectivity index is 2.18. The van der Waals surface area contributed by atoms with E-state index in [0.29, 0.717) is 12.2 Å². The van der Waals surface area contributed by atoms with Crippen LogP contribution in [0.25, 0.3) is 0 Å². The standard InChI is InChI=1S/C12H10BrN5/c13-10-7-16-12(15)18-11(10)17-9-3-1-8(2-4-9)5-6-14/h1-4,7H,5H2,(H3,15,16,17,18). The molecule has 2 rings (SSSR count). The molecule has 0 radical (unpaired) electrons. The maximum Gasteiger partial charge on any atom is 0.222 e. The van der Waals surface area contributed by atoms with Crippen LogP contribution < -0.4 is 11.1 Å². The minimum absolute atomic E-state index is 0.210. The summed E-state index contributed by atoms with van der Waals surface area (Å²) in [6.45, 7) is 0. The molecule has 0 spiro atoms. The van der Waals surface area contributed by atoms with Crippen LogP contribution in [0.3, 0.4) is 0 Å². The lowest BCUT2D eigenvalue weighted by molar-refractivity contribution is 1.17. The molecule has 1 aromatic heterocycles. The summed E-state index contributed by atoms with van der Waals surface area (Å²) in [5, 5.41) is 11.7. The van der Waals surface area contributed by atoms with Gasteiger partial charge in [0.1, 0.15) is 5.82 Å². The molecular formula is C12H10BrN5. The molecule has 0 unspecified atom stereocenters. The van der Waals surface area contributed by atoms with Gasteiger partial charge in [0, 0.05) is 11.9 Å². The second kappa shape index (κ2) is 5.47. The van der Waals surface area contributed by atoms with Crippen LogP contribution in [0.4, 0.5) is 17.5 Å². The van der Waals surface area contributed by atoms with Crippen LogP contribution in [-0.4, -0.2) is 9.97 Å². The van der Waals surface area contributed by atoms with Gasteiger partial charge >= 0.3 is 0 Å². The molecule has 6 heteroatoms. The van der Waals surface area contributed by atoms with E-state index in [0.717, 1.165) is 15.7 Å². The summed E-state index contributed by atoms with van der Waals surface area (Å²) in [6.07, 6.45) is 2.00. The highest BCUT2D eigenvalue weighted by Gasteiger charge is 2.03. The number of hydrogen-bond acceptors (Lipinski definition) is 5. The smallest absolute Gasteiger partial charge is 0.222 e. The second-order valence-electron chi connectivity index (χ2n) is 3.58. The summed E-state index contributed by atoms with van der Waals surface area (Å²) >= 11 is 3.34. The highest BCUT2D eigenvalue weighted by molar-refractivity contribution is 9.10. The number of nitrogens with one attached hydrogen (secondary N) is 1. The van der Waals surface area contributed by atoms with Crippen molar-refractivity contribution in [3.05, 3.63) is 40.5 Å². The SMILES string of the molecule is N#CCc1ccc(Nc2nc(N)ncc2Br)cc1. The Hall–Kier alpha value is -2.13. The van der Waals surface area contributed by atoms with E-state index in [1.54, 1.807) is 6.20 Å². The number of nitrogens with two attached hydrogens (primary N) is 1. The largest absolute Gasteiger partial charge is 0.368 e. The number of anilines is 3. The molecule has 0 aliphatic heterocycles. The Kier molecular flexibility index (Phi) is 3.75. The van der Waals surface area contributed by atoms with Gasteiger partial charge in [-0.2, -0.15) is 10.2 Å². The van der Waals surface area contributed by atoms with Crippen molar-refractivity contribution in [1.29, 1.82) is 5.26 Å². The topological polar surface area (TPSA) is 87.6 Å². The molecule has 18 heavy (non-hydrogen) atoms. The molecule has 2 aromatic rings. The third-order valence-electron chi connectivity index (χ3n) is 2.26. The van der Waals surface area contributed by atoms with Gasteiger partial charge in [-0.25, -0.2) is 4.98 Å². The monoisotopic (exact) mass is 303 g/mol. The van der Waals surface area contributed by atoms with Gasteiger partial charge in [0.25, 0.3) is 0 Å². The molecule has 90 valence electrons. The van der Waals surface area contributed by atoms with Gasteiger partial charge in [-0.15, -0.1) is 0 Å². The fourth-order valence-electron chi connectivity index (χ4n) is 1.40. The number of halogens is 1. The molecule has 0 fully saturated rings. The Bertz CT molecular complexity index is 588. The molecule has 3 N–H and O–H groups in total. The molecule has 0 saturated carbocycles. The maximum atomic E-state index is 8.59. The number of benzene rings is 1. The Morgan fingerprint density at radius 1 is 1.33 bits per heavy atom. The van der Waals surface area contributed by atoms with Gasteiger partial charge in [0.2, 0.25) is 5.95 Å². The van der Waals surface area contributed by atoms with E-state index in [2.05, 4.69) is 37.3 Å². The fourth-order valence-corrected chi connectivity index (χ4v) is 1.69. The first kappa shape index (κ1) is 12.3. The van der Waals surface area contributed by atoms with Crippen molar-refractivity contribution in [2.75, 3.05) is 11.1 Å². The summed E-state index contributed by atoms with van der Waals surface area (Å²) in [4.78, 5) is 7.95. The molecule has 0 atom stereocenters. The molecule has 0 aliphatic carbocycles. The van der Waals surface area contributed by atoms with Gasteiger partial charge < -0.3 is 11.1 Å². The predicted molar refractivity (Wildman–Crippen MR) is 73.2 cm³/mol. The number of nitriles is 1. The lowest BCUT2D eigenvalue weighted by Crippen LogP contribution is -2.00. The molecule has 1 heterocycles. The van der Waals surface area contributed by atoms with Gasteiger partial charge in [0.15, 0.2) is 0 Å². The van der Waals surface area contributed by atoms with Gasteiger partial charge in [-0.3, -0.25) is 0 Å². The van der Waals surface area contributed by atoms with E-state index in [4.69, 9.17) is 11.0 Å². The first-order valence-corrected chi connectivity index (χ1v) is 5.99. The van der Waals surface area contributed by atoms with E-state index >= 15 is 0 Å². The third-order valence-corrected chi connectivity index (χ3v) is 2.84. The summed E-state index contributed by atoms with van der Waals surface area (Å²) in [5.74, 6) is 0.817. The van der Waals surface area contributed by atoms with Crippen LogP contribution in [0, 0.1) is 11.3 Å². The van der Waals surface area contributed by atoms with E-state index in [-0.39, 0.29) is 5.95 Å². The normalized spacial score (nSPS) is 9.78. The fraction of sp³-hybridized carbons (Fsp3) is 0.0833. The number of hydrogen-bond donors (Lipinski definition) is 2. The summed E-state index contributed by atoms with van der Waals surface area (Å²) in [5.41, 5.74) is 7.37. The van der Waals surface area contributed by atoms with Crippen LogP contribution >= 0.6 is 15.9 Å². The Morgan fingerprint density at radius 2 is 2.06 bits per heavy atom. The minimum Gasteiger partial charge on any atom is -0.368 e. The van der Waals surface area contributed by atoms with Crippen LogP contribution in [0.5, 0.6) is 0 Å². The molecule has 0 aliphatic rings. The van der Waals surface area contributed by atoms with Crippen LogP contribution in [0.1, 0.15) is 5.56 Å². The summed E-state index contributed by atoms with van der Waals surface area (Å²) < 4.78 is 0.734. The van der Waals surface area contributed by atoms with E-state index in [1.807, 2.05) is 24.3 Å². The van der Waals surface area contributed by atoms with Crippen molar-refractivity contribution in [2.24, 2.45) is 0 Å². The Labute approximate surface area is 113 Å². The van der Waals surface area contributed by atoms with E-state index in [1.165, 1.54) is 0 Å². The molecule has 0 amide bonds. The highest BCUT2D eigenvalue weighted by atomic mass is 79.9. The third kappa shape index (κ3) is 2.96. The van der Waals surface area contributed by atoms with E-state index in [9.17, 15) is 0 Å². The van der Waals surface area contributed by atoms with Crippen LogP contribution in [0.15, 0.2) is 34.9 Å². The maximum absolute atomic E-state index is 8.59. The van der Waals surface area contributed by atoms with Gasteiger partial charge in [0.05, 0.1) is 17.0 Å². The lowest BCUT2D eigenvalue weighted by Gasteiger charge is -2.08. The molecule has 5 nitrogen and oxygen atoms in total. The average Bonchev–Trinajstić information content (AvgIpc) is 2.37. The van der Waals surface area contributed by atoms with Crippen LogP contribution in [-0.2, 0) is 6.42 Å². The van der Waals surface area contributed by atoms with E-state index < -0.39 is 0 Å². The molecular weight excluding hydrogens is 294 g/mol. The zero-order chi connectivity index (χ0) is 13.0. The Morgan fingerprint density at radius 3 is 2.72 bits per heavy atom. The zero-order valence-electron chi connectivity index (χ0n) is 9.39. The predicted octanol–water partition coefficient (Wildman–Crippen LogP) is 2.63. The van der Waals surface area contributed by atoms with Crippen molar-refractivity contribution in [3.8, 4) is 6.07 Å².